The third-order valence-corrected chi connectivity index (χ3v) is 3.64. The highest BCUT2D eigenvalue weighted by Gasteiger charge is 2.19. The predicted molar refractivity (Wildman–Crippen MR) is 73.5 cm³/mol. The molecule has 0 unspecified atom stereocenters. The van der Waals surface area contributed by atoms with Crippen LogP contribution in [0.15, 0.2) is 23.4 Å². The van der Waals surface area contributed by atoms with E-state index >= 15 is 0 Å². The highest BCUT2D eigenvalue weighted by atomic mass is 32.2. The zero-order valence-electron chi connectivity index (χ0n) is 10.6. The van der Waals surface area contributed by atoms with Crippen LogP contribution in [0.25, 0.3) is 0 Å². The van der Waals surface area contributed by atoms with Crippen molar-refractivity contribution in [2.75, 3.05) is 12.3 Å². The maximum atomic E-state index is 11.3. The third kappa shape index (κ3) is 4.66. The van der Waals surface area contributed by atoms with Crippen LogP contribution >= 0.6 is 11.8 Å². The van der Waals surface area contributed by atoms with Gasteiger partial charge in [-0.25, -0.2) is 4.98 Å². The molecule has 1 aliphatic rings. The van der Waals surface area contributed by atoms with E-state index < -0.39 is 0 Å². The molecule has 18 heavy (non-hydrogen) atoms. The molecular formula is C13H19N3OS. The summed E-state index contributed by atoms with van der Waals surface area (Å²) >= 11 is 1.47. The largest absolute Gasteiger partial charge is 0.356 e. The molecule has 1 aromatic rings. The first-order chi connectivity index (χ1) is 8.78. The smallest absolute Gasteiger partial charge is 0.230 e. The summed E-state index contributed by atoms with van der Waals surface area (Å²) in [7, 11) is 0. The van der Waals surface area contributed by atoms with Crippen LogP contribution in [0, 0.1) is 0 Å². The van der Waals surface area contributed by atoms with E-state index in [9.17, 15) is 4.79 Å². The maximum absolute atomic E-state index is 11.3. The third-order valence-electron chi connectivity index (χ3n) is 2.69. The van der Waals surface area contributed by atoms with Crippen LogP contribution in [0.4, 0.5) is 0 Å². The number of hydrogen-bond acceptors (Lipinski definition) is 4. The van der Waals surface area contributed by atoms with Crippen molar-refractivity contribution < 1.29 is 4.79 Å². The lowest BCUT2D eigenvalue weighted by Crippen LogP contribution is -2.24. The number of rotatable bonds is 7. The SMILES string of the molecule is CCNC(=O)CSc1ccc(CNC2CC2)cn1. The van der Waals surface area contributed by atoms with E-state index in [1.165, 1.54) is 30.2 Å². The Morgan fingerprint density at radius 3 is 2.94 bits per heavy atom. The summed E-state index contributed by atoms with van der Waals surface area (Å²) in [6, 6.07) is 4.77. The average molecular weight is 265 g/mol. The molecule has 1 heterocycles. The Kier molecular flexibility index (Phi) is 5.01. The molecule has 1 saturated carbocycles. The van der Waals surface area contributed by atoms with Crippen LogP contribution in [-0.4, -0.2) is 29.2 Å². The van der Waals surface area contributed by atoms with Crippen molar-refractivity contribution in [3.8, 4) is 0 Å². The maximum Gasteiger partial charge on any atom is 0.230 e. The summed E-state index contributed by atoms with van der Waals surface area (Å²) in [5.41, 5.74) is 1.20. The molecule has 0 spiro atoms. The minimum absolute atomic E-state index is 0.0591. The molecule has 1 aliphatic carbocycles. The molecule has 1 amide bonds. The predicted octanol–water partition coefficient (Wildman–Crippen LogP) is 1.56. The van der Waals surface area contributed by atoms with Gasteiger partial charge in [0.15, 0.2) is 0 Å². The van der Waals surface area contributed by atoms with Gasteiger partial charge in [-0.05, 0) is 31.4 Å². The van der Waals surface area contributed by atoms with Crippen molar-refractivity contribution in [2.45, 2.75) is 37.4 Å². The van der Waals surface area contributed by atoms with Gasteiger partial charge < -0.3 is 10.6 Å². The highest BCUT2D eigenvalue weighted by molar-refractivity contribution is 7.99. The summed E-state index contributed by atoms with van der Waals surface area (Å²) in [6.45, 7) is 3.49. The van der Waals surface area contributed by atoms with Crippen LogP contribution in [0.2, 0.25) is 0 Å². The number of aromatic nitrogens is 1. The fourth-order valence-corrected chi connectivity index (χ4v) is 2.21. The molecular weight excluding hydrogens is 246 g/mol. The minimum Gasteiger partial charge on any atom is -0.356 e. The normalized spacial score (nSPS) is 14.5. The monoisotopic (exact) mass is 265 g/mol. The number of thioether (sulfide) groups is 1. The summed E-state index contributed by atoms with van der Waals surface area (Å²) in [4.78, 5) is 15.7. The van der Waals surface area contributed by atoms with Crippen molar-refractivity contribution in [1.29, 1.82) is 0 Å². The average Bonchev–Trinajstić information content (AvgIpc) is 3.19. The van der Waals surface area contributed by atoms with E-state index in [1.54, 1.807) is 0 Å². The Bertz CT molecular complexity index is 390. The fraction of sp³-hybridized carbons (Fsp3) is 0.538. The second-order valence-electron chi connectivity index (χ2n) is 4.40. The topological polar surface area (TPSA) is 54.0 Å². The molecule has 0 bridgehead atoms. The van der Waals surface area contributed by atoms with E-state index in [0.29, 0.717) is 12.3 Å². The van der Waals surface area contributed by atoms with Crippen LogP contribution in [0.5, 0.6) is 0 Å². The van der Waals surface area contributed by atoms with E-state index in [1.807, 2.05) is 19.2 Å². The molecule has 0 radical (unpaired) electrons. The van der Waals surface area contributed by atoms with Gasteiger partial charge in [0.1, 0.15) is 0 Å². The quantitative estimate of drug-likeness (QED) is 0.735. The number of carbonyl (C=O) groups excluding carboxylic acids is 1. The molecule has 98 valence electrons. The Hall–Kier alpha value is -1.07. The van der Waals surface area contributed by atoms with Gasteiger partial charge in [-0.3, -0.25) is 4.79 Å². The van der Waals surface area contributed by atoms with Gasteiger partial charge in [-0.1, -0.05) is 17.8 Å². The summed E-state index contributed by atoms with van der Waals surface area (Å²) < 4.78 is 0. The Morgan fingerprint density at radius 1 is 1.50 bits per heavy atom. The van der Waals surface area contributed by atoms with E-state index in [-0.39, 0.29) is 5.91 Å². The number of carbonyl (C=O) groups is 1. The van der Waals surface area contributed by atoms with Crippen molar-refractivity contribution >= 4 is 17.7 Å². The zero-order chi connectivity index (χ0) is 12.8. The molecule has 1 aromatic heterocycles. The van der Waals surface area contributed by atoms with Gasteiger partial charge in [0.2, 0.25) is 5.91 Å². The van der Waals surface area contributed by atoms with E-state index in [0.717, 1.165) is 17.6 Å². The number of nitrogens with zero attached hydrogens (tertiary/aromatic N) is 1. The lowest BCUT2D eigenvalue weighted by molar-refractivity contribution is -0.118. The first-order valence-electron chi connectivity index (χ1n) is 6.35. The number of nitrogens with one attached hydrogen (secondary N) is 2. The summed E-state index contributed by atoms with van der Waals surface area (Å²) in [6.07, 6.45) is 4.48. The van der Waals surface area contributed by atoms with Crippen LogP contribution in [0.3, 0.4) is 0 Å². The molecule has 2 rings (SSSR count). The summed E-state index contributed by atoms with van der Waals surface area (Å²) in [5.74, 6) is 0.490. The molecule has 0 atom stereocenters. The van der Waals surface area contributed by atoms with Crippen LogP contribution in [0.1, 0.15) is 25.3 Å². The fourth-order valence-electron chi connectivity index (χ4n) is 1.54. The number of pyridine rings is 1. The van der Waals surface area contributed by atoms with Crippen molar-refractivity contribution in [3.05, 3.63) is 23.9 Å². The second-order valence-corrected chi connectivity index (χ2v) is 5.40. The van der Waals surface area contributed by atoms with Gasteiger partial charge in [-0.15, -0.1) is 0 Å². The minimum atomic E-state index is 0.0591. The first kappa shape index (κ1) is 13.4. The molecule has 2 N–H and O–H groups in total. The molecule has 1 fully saturated rings. The molecule has 0 aromatic carbocycles. The van der Waals surface area contributed by atoms with Gasteiger partial charge in [0.05, 0.1) is 10.8 Å². The number of amides is 1. The lowest BCUT2D eigenvalue weighted by Gasteiger charge is -2.04. The van der Waals surface area contributed by atoms with E-state index in [4.69, 9.17) is 0 Å². The van der Waals surface area contributed by atoms with Crippen molar-refractivity contribution in [2.24, 2.45) is 0 Å². The van der Waals surface area contributed by atoms with Crippen molar-refractivity contribution in [1.82, 2.24) is 15.6 Å². The van der Waals surface area contributed by atoms with Crippen LogP contribution < -0.4 is 10.6 Å². The highest BCUT2D eigenvalue weighted by Crippen LogP contribution is 2.19. The standard InChI is InChI=1S/C13H19N3OS/c1-2-14-12(17)9-18-13-6-3-10(8-16-13)7-15-11-4-5-11/h3,6,8,11,15H,2,4-5,7,9H2,1H3,(H,14,17). The Balaban J connectivity index is 1.73. The van der Waals surface area contributed by atoms with Gasteiger partial charge in [0.25, 0.3) is 0 Å². The Labute approximate surface area is 112 Å². The Morgan fingerprint density at radius 2 is 2.33 bits per heavy atom. The first-order valence-corrected chi connectivity index (χ1v) is 7.34. The second kappa shape index (κ2) is 6.75. The van der Waals surface area contributed by atoms with Crippen LogP contribution in [-0.2, 0) is 11.3 Å². The molecule has 5 heteroatoms. The van der Waals surface area contributed by atoms with Crippen molar-refractivity contribution in [3.63, 3.8) is 0 Å². The number of hydrogen-bond donors (Lipinski definition) is 2. The molecule has 0 aliphatic heterocycles. The molecule has 4 nitrogen and oxygen atoms in total. The van der Waals surface area contributed by atoms with Gasteiger partial charge >= 0.3 is 0 Å². The molecule has 0 saturated heterocycles. The zero-order valence-corrected chi connectivity index (χ0v) is 11.4. The van der Waals surface area contributed by atoms with Gasteiger partial charge in [-0.2, -0.15) is 0 Å². The lowest BCUT2D eigenvalue weighted by atomic mass is 10.3. The summed E-state index contributed by atoms with van der Waals surface area (Å²) in [5, 5.41) is 7.12. The van der Waals surface area contributed by atoms with E-state index in [2.05, 4.69) is 21.7 Å². The van der Waals surface area contributed by atoms with Gasteiger partial charge in [0, 0.05) is 25.3 Å².